The lowest BCUT2D eigenvalue weighted by Crippen LogP contribution is -2.22. The van der Waals surface area contributed by atoms with Crippen LogP contribution in [-0.2, 0) is 13.0 Å². The smallest absolute Gasteiger partial charge is 0.122 e. The minimum absolute atomic E-state index is 0.355. The van der Waals surface area contributed by atoms with E-state index < -0.39 is 0 Å². The van der Waals surface area contributed by atoms with Crippen LogP contribution in [-0.4, -0.2) is 23.5 Å². The van der Waals surface area contributed by atoms with Crippen LogP contribution in [0.2, 0.25) is 0 Å². The average molecular weight is 268 g/mol. The summed E-state index contributed by atoms with van der Waals surface area (Å²) in [7, 11) is 2.15. The highest BCUT2D eigenvalue weighted by atomic mass is 16.5. The molecule has 0 N–H and O–H groups in total. The summed E-state index contributed by atoms with van der Waals surface area (Å²) in [5.74, 6) is 1.05. The molecule has 0 radical (unpaired) electrons. The number of ether oxygens (including phenoxy) is 1. The summed E-state index contributed by atoms with van der Waals surface area (Å²) in [6, 6.07) is 11.0. The number of nitrogens with zero attached hydrogens (tertiary/aromatic N) is 2. The number of pyridine rings is 1. The minimum Gasteiger partial charge on any atom is -0.493 e. The maximum Gasteiger partial charge on any atom is 0.122 e. The van der Waals surface area contributed by atoms with Crippen molar-refractivity contribution in [3.63, 3.8) is 0 Å². The predicted molar refractivity (Wildman–Crippen MR) is 79.8 cm³/mol. The van der Waals surface area contributed by atoms with Crippen molar-refractivity contribution in [2.45, 2.75) is 25.9 Å². The van der Waals surface area contributed by atoms with Gasteiger partial charge in [-0.3, -0.25) is 9.88 Å². The van der Waals surface area contributed by atoms with E-state index in [9.17, 15) is 0 Å². The molecule has 0 amide bonds. The Morgan fingerprint density at radius 1 is 1.35 bits per heavy atom. The number of hydrogen-bond acceptors (Lipinski definition) is 3. The first kappa shape index (κ1) is 13.1. The molecule has 3 nitrogen and oxygen atoms in total. The van der Waals surface area contributed by atoms with E-state index in [-0.39, 0.29) is 0 Å². The van der Waals surface area contributed by atoms with Gasteiger partial charge in [0.1, 0.15) is 5.75 Å². The Hall–Kier alpha value is -1.87. The first-order valence-corrected chi connectivity index (χ1v) is 7.09. The van der Waals surface area contributed by atoms with Gasteiger partial charge in [-0.1, -0.05) is 18.2 Å². The van der Waals surface area contributed by atoms with Gasteiger partial charge >= 0.3 is 0 Å². The van der Waals surface area contributed by atoms with Crippen LogP contribution < -0.4 is 4.74 Å². The highest BCUT2D eigenvalue weighted by Gasteiger charge is 2.15. The van der Waals surface area contributed by atoms with E-state index in [1.807, 2.05) is 18.5 Å². The lowest BCUT2D eigenvalue weighted by atomic mass is 10.1. The maximum atomic E-state index is 5.55. The number of hydrogen-bond donors (Lipinski definition) is 0. The third-order valence-corrected chi connectivity index (χ3v) is 4.01. The Morgan fingerprint density at radius 2 is 2.25 bits per heavy atom. The third kappa shape index (κ3) is 2.68. The number of rotatable bonds is 4. The second-order valence-electron chi connectivity index (χ2n) is 5.42. The van der Waals surface area contributed by atoms with Crippen molar-refractivity contribution in [3.8, 4) is 5.75 Å². The van der Waals surface area contributed by atoms with Crippen molar-refractivity contribution >= 4 is 0 Å². The molecule has 0 spiro atoms. The molecule has 1 aromatic heterocycles. The lowest BCUT2D eigenvalue weighted by molar-refractivity contribution is 0.252. The van der Waals surface area contributed by atoms with Gasteiger partial charge < -0.3 is 4.74 Å². The summed E-state index contributed by atoms with van der Waals surface area (Å²) < 4.78 is 5.55. The maximum absolute atomic E-state index is 5.55. The zero-order valence-corrected chi connectivity index (χ0v) is 12.0. The van der Waals surface area contributed by atoms with E-state index in [0.717, 1.165) is 25.3 Å². The highest BCUT2D eigenvalue weighted by molar-refractivity contribution is 5.39. The van der Waals surface area contributed by atoms with Crippen LogP contribution in [0.5, 0.6) is 5.75 Å². The quantitative estimate of drug-likeness (QED) is 0.851. The van der Waals surface area contributed by atoms with E-state index in [1.54, 1.807) is 0 Å². The summed E-state index contributed by atoms with van der Waals surface area (Å²) in [5, 5.41) is 0. The summed E-state index contributed by atoms with van der Waals surface area (Å²) in [5.41, 5.74) is 3.93. The molecular formula is C17H20N2O. The molecule has 0 aliphatic carbocycles. The second kappa shape index (κ2) is 5.63. The van der Waals surface area contributed by atoms with Gasteiger partial charge in [-0.05, 0) is 42.8 Å². The normalized spacial score (nSPS) is 14.9. The molecule has 1 atom stereocenters. The van der Waals surface area contributed by atoms with Crippen LogP contribution in [0.3, 0.4) is 0 Å². The van der Waals surface area contributed by atoms with Gasteiger partial charge in [0.05, 0.1) is 6.61 Å². The molecule has 2 heterocycles. The first-order valence-electron chi connectivity index (χ1n) is 7.09. The molecule has 3 rings (SSSR count). The molecule has 2 aromatic rings. The van der Waals surface area contributed by atoms with Gasteiger partial charge in [0, 0.05) is 31.4 Å². The Bertz CT molecular complexity index is 583. The van der Waals surface area contributed by atoms with Crippen LogP contribution in [0.15, 0.2) is 42.7 Å². The largest absolute Gasteiger partial charge is 0.493 e. The average Bonchev–Trinajstić information content (AvgIpc) is 2.95. The van der Waals surface area contributed by atoms with Crippen LogP contribution in [0.4, 0.5) is 0 Å². The van der Waals surface area contributed by atoms with Crippen LogP contribution in [0.1, 0.15) is 29.7 Å². The molecule has 104 valence electrons. The zero-order valence-electron chi connectivity index (χ0n) is 12.0. The van der Waals surface area contributed by atoms with E-state index in [1.165, 1.54) is 16.7 Å². The summed E-state index contributed by atoms with van der Waals surface area (Å²) >= 11 is 0. The highest BCUT2D eigenvalue weighted by Crippen LogP contribution is 2.27. The molecule has 20 heavy (non-hydrogen) atoms. The number of aromatic nitrogens is 1. The Morgan fingerprint density at radius 3 is 3.05 bits per heavy atom. The standard InChI is InChI=1S/C17H20N2O/c1-13(16-4-3-8-18-11-16)19(2)12-14-5-6-17-15(10-14)7-9-20-17/h3-6,8,10-11,13H,7,9,12H2,1-2H3. The van der Waals surface area contributed by atoms with Crippen molar-refractivity contribution in [2.75, 3.05) is 13.7 Å². The van der Waals surface area contributed by atoms with Gasteiger partial charge in [0.25, 0.3) is 0 Å². The fraction of sp³-hybridized carbons (Fsp3) is 0.353. The number of benzene rings is 1. The van der Waals surface area contributed by atoms with Crippen LogP contribution in [0.25, 0.3) is 0 Å². The summed E-state index contributed by atoms with van der Waals surface area (Å²) in [4.78, 5) is 6.54. The van der Waals surface area contributed by atoms with E-state index in [0.29, 0.717) is 6.04 Å². The molecule has 1 aromatic carbocycles. The molecular weight excluding hydrogens is 248 g/mol. The van der Waals surface area contributed by atoms with Crippen molar-refractivity contribution in [1.29, 1.82) is 0 Å². The Balaban J connectivity index is 1.71. The third-order valence-electron chi connectivity index (χ3n) is 4.01. The molecule has 0 saturated carbocycles. The Labute approximate surface area is 120 Å². The fourth-order valence-electron chi connectivity index (χ4n) is 2.64. The van der Waals surface area contributed by atoms with Gasteiger partial charge in [0.2, 0.25) is 0 Å². The van der Waals surface area contributed by atoms with Crippen LogP contribution in [0, 0.1) is 0 Å². The van der Waals surface area contributed by atoms with Crippen LogP contribution >= 0.6 is 0 Å². The first-order chi connectivity index (χ1) is 9.74. The molecule has 0 saturated heterocycles. The minimum atomic E-state index is 0.355. The molecule has 0 bridgehead atoms. The molecule has 1 aliphatic rings. The van der Waals surface area contributed by atoms with Crippen molar-refractivity contribution in [2.24, 2.45) is 0 Å². The summed E-state index contributed by atoms with van der Waals surface area (Å²) in [6.07, 6.45) is 4.79. The summed E-state index contributed by atoms with van der Waals surface area (Å²) in [6.45, 7) is 3.97. The van der Waals surface area contributed by atoms with E-state index in [4.69, 9.17) is 4.74 Å². The molecule has 3 heteroatoms. The fourth-order valence-corrected chi connectivity index (χ4v) is 2.64. The van der Waals surface area contributed by atoms with E-state index >= 15 is 0 Å². The van der Waals surface area contributed by atoms with Gasteiger partial charge in [-0.25, -0.2) is 0 Å². The van der Waals surface area contributed by atoms with Gasteiger partial charge in [0.15, 0.2) is 0 Å². The van der Waals surface area contributed by atoms with Crippen molar-refractivity contribution in [3.05, 3.63) is 59.4 Å². The van der Waals surface area contributed by atoms with Gasteiger partial charge in [-0.15, -0.1) is 0 Å². The number of fused-ring (bicyclic) bond motifs is 1. The SMILES string of the molecule is CC(c1cccnc1)N(C)Cc1ccc2c(c1)CCO2. The topological polar surface area (TPSA) is 25.4 Å². The zero-order chi connectivity index (χ0) is 13.9. The monoisotopic (exact) mass is 268 g/mol. The molecule has 1 aliphatic heterocycles. The second-order valence-corrected chi connectivity index (χ2v) is 5.42. The van der Waals surface area contributed by atoms with Gasteiger partial charge in [-0.2, -0.15) is 0 Å². The molecule has 0 fully saturated rings. The van der Waals surface area contributed by atoms with Crippen molar-refractivity contribution in [1.82, 2.24) is 9.88 Å². The van der Waals surface area contributed by atoms with E-state index in [2.05, 4.69) is 48.1 Å². The predicted octanol–water partition coefficient (Wildman–Crippen LogP) is 3.21. The lowest BCUT2D eigenvalue weighted by Gasteiger charge is -2.25. The Kier molecular flexibility index (Phi) is 3.70. The van der Waals surface area contributed by atoms with Crippen molar-refractivity contribution < 1.29 is 4.74 Å². The molecule has 1 unspecified atom stereocenters.